The van der Waals surface area contributed by atoms with Crippen LogP contribution in [-0.4, -0.2) is 0 Å². The van der Waals surface area contributed by atoms with Gasteiger partial charge in [0.05, 0.1) is 0 Å². The number of rotatable bonds is 3. The quantitative estimate of drug-likeness (QED) is 0.850. The number of hydrogen-bond donors (Lipinski definition) is 1. The van der Waals surface area contributed by atoms with Gasteiger partial charge in [0.15, 0.2) is 0 Å². The first-order valence-electron chi connectivity index (χ1n) is 7.80. The van der Waals surface area contributed by atoms with E-state index >= 15 is 0 Å². The van der Waals surface area contributed by atoms with Gasteiger partial charge in [0, 0.05) is 5.54 Å². The third-order valence-electron chi connectivity index (χ3n) is 4.77. The lowest BCUT2D eigenvalue weighted by Gasteiger charge is -2.43. The number of hydrogen-bond acceptors (Lipinski definition) is 1. The molecule has 0 aliphatic heterocycles. The first kappa shape index (κ1) is 14.6. The third-order valence-corrected chi connectivity index (χ3v) is 4.77. The average molecular weight is 259 g/mol. The minimum absolute atomic E-state index is 0.120. The molecule has 1 fully saturated rings. The van der Waals surface area contributed by atoms with Crippen LogP contribution in [-0.2, 0) is 12.0 Å². The summed E-state index contributed by atoms with van der Waals surface area (Å²) in [5.74, 6) is 2.03. The minimum Gasteiger partial charge on any atom is -0.321 e. The van der Waals surface area contributed by atoms with Crippen LogP contribution in [0.4, 0.5) is 0 Å². The Morgan fingerprint density at radius 1 is 1.26 bits per heavy atom. The topological polar surface area (TPSA) is 26.0 Å². The molecule has 0 aromatic heterocycles. The molecule has 19 heavy (non-hydrogen) atoms. The van der Waals surface area contributed by atoms with Crippen LogP contribution in [0.2, 0.25) is 0 Å². The van der Waals surface area contributed by atoms with Crippen molar-refractivity contribution in [3.63, 3.8) is 0 Å². The zero-order valence-corrected chi connectivity index (χ0v) is 12.9. The Kier molecular flexibility index (Phi) is 4.35. The smallest absolute Gasteiger partial charge is 0.0438 e. The molecule has 3 unspecified atom stereocenters. The summed E-state index contributed by atoms with van der Waals surface area (Å²) in [6.45, 7) is 9.21. The summed E-state index contributed by atoms with van der Waals surface area (Å²) in [7, 11) is 0. The zero-order chi connectivity index (χ0) is 14.0. The van der Waals surface area contributed by atoms with E-state index in [1.807, 2.05) is 0 Å². The summed E-state index contributed by atoms with van der Waals surface area (Å²) in [4.78, 5) is 0. The SMILES string of the molecule is CC(C)Cc1cccc(C2(N)CC(C)CCC2C)c1. The van der Waals surface area contributed by atoms with Crippen molar-refractivity contribution in [2.24, 2.45) is 23.5 Å². The van der Waals surface area contributed by atoms with Gasteiger partial charge in [-0.2, -0.15) is 0 Å². The summed E-state index contributed by atoms with van der Waals surface area (Å²) in [6, 6.07) is 9.02. The summed E-state index contributed by atoms with van der Waals surface area (Å²) in [6.07, 6.45) is 4.85. The molecule has 2 rings (SSSR count). The van der Waals surface area contributed by atoms with Gasteiger partial charge in [-0.3, -0.25) is 0 Å². The predicted molar refractivity (Wildman–Crippen MR) is 83.0 cm³/mol. The van der Waals surface area contributed by atoms with Crippen LogP contribution in [0, 0.1) is 17.8 Å². The molecule has 0 saturated heterocycles. The van der Waals surface area contributed by atoms with Crippen LogP contribution in [0.3, 0.4) is 0 Å². The van der Waals surface area contributed by atoms with Gasteiger partial charge in [0.2, 0.25) is 0 Å². The Labute approximate surface area is 118 Å². The van der Waals surface area contributed by atoms with Gasteiger partial charge in [-0.25, -0.2) is 0 Å². The summed E-state index contributed by atoms with van der Waals surface area (Å²) in [5.41, 5.74) is 9.48. The van der Waals surface area contributed by atoms with Crippen molar-refractivity contribution in [1.82, 2.24) is 0 Å². The van der Waals surface area contributed by atoms with Crippen LogP contribution >= 0.6 is 0 Å². The van der Waals surface area contributed by atoms with Crippen molar-refractivity contribution in [2.75, 3.05) is 0 Å². The molecule has 1 nitrogen and oxygen atoms in total. The average Bonchev–Trinajstić information content (AvgIpc) is 2.34. The Morgan fingerprint density at radius 3 is 2.68 bits per heavy atom. The van der Waals surface area contributed by atoms with Crippen molar-refractivity contribution in [3.05, 3.63) is 35.4 Å². The normalized spacial score (nSPS) is 31.7. The fraction of sp³-hybridized carbons (Fsp3) is 0.667. The summed E-state index contributed by atoms with van der Waals surface area (Å²) < 4.78 is 0. The maximum absolute atomic E-state index is 6.81. The summed E-state index contributed by atoms with van der Waals surface area (Å²) in [5, 5.41) is 0. The molecule has 3 atom stereocenters. The maximum atomic E-state index is 6.81. The highest BCUT2D eigenvalue weighted by molar-refractivity contribution is 5.31. The lowest BCUT2D eigenvalue weighted by atomic mass is 9.67. The largest absolute Gasteiger partial charge is 0.321 e. The van der Waals surface area contributed by atoms with Crippen LogP contribution in [0.1, 0.15) is 58.1 Å². The molecule has 1 saturated carbocycles. The first-order valence-corrected chi connectivity index (χ1v) is 7.80. The number of benzene rings is 1. The minimum atomic E-state index is -0.120. The highest BCUT2D eigenvalue weighted by Gasteiger charge is 2.38. The van der Waals surface area contributed by atoms with Crippen LogP contribution in [0.5, 0.6) is 0 Å². The van der Waals surface area contributed by atoms with E-state index < -0.39 is 0 Å². The van der Waals surface area contributed by atoms with E-state index in [9.17, 15) is 0 Å². The fourth-order valence-electron chi connectivity index (χ4n) is 3.53. The van der Waals surface area contributed by atoms with E-state index in [-0.39, 0.29) is 5.54 Å². The Bertz CT molecular complexity index is 423. The Balaban J connectivity index is 2.28. The fourth-order valence-corrected chi connectivity index (χ4v) is 3.53. The molecule has 1 aromatic rings. The summed E-state index contributed by atoms with van der Waals surface area (Å²) >= 11 is 0. The lowest BCUT2D eigenvalue weighted by Crippen LogP contribution is -2.47. The molecule has 1 heteroatoms. The molecule has 1 aliphatic rings. The Morgan fingerprint density at radius 2 is 2.00 bits per heavy atom. The molecule has 0 spiro atoms. The highest BCUT2D eigenvalue weighted by atomic mass is 14.8. The molecule has 106 valence electrons. The van der Waals surface area contributed by atoms with E-state index in [0.717, 1.165) is 18.8 Å². The van der Waals surface area contributed by atoms with Gasteiger partial charge in [-0.05, 0) is 48.1 Å². The molecular formula is C18H29N. The second-order valence-corrected chi connectivity index (χ2v) is 7.13. The molecule has 0 heterocycles. The van der Waals surface area contributed by atoms with E-state index in [1.54, 1.807) is 0 Å². The maximum Gasteiger partial charge on any atom is 0.0438 e. The van der Waals surface area contributed by atoms with Crippen molar-refractivity contribution in [3.8, 4) is 0 Å². The second kappa shape index (κ2) is 5.66. The molecule has 1 aromatic carbocycles. The van der Waals surface area contributed by atoms with Crippen LogP contribution in [0.15, 0.2) is 24.3 Å². The second-order valence-electron chi connectivity index (χ2n) is 7.13. The lowest BCUT2D eigenvalue weighted by molar-refractivity contribution is 0.162. The van der Waals surface area contributed by atoms with Gasteiger partial charge in [0.25, 0.3) is 0 Å². The van der Waals surface area contributed by atoms with Crippen LogP contribution < -0.4 is 5.73 Å². The third kappa shape index (κ3) is 3.20. The standard InChI is InChI=1S/C18H29N/c1-13(2)10-16-6-5-7-17(11-16)18(19)12-14(3)8-9-15(18)4/h5-7,11,13-15H,8-10,12,19H2,1-4H3. The zero-order valence-electron chi connectivity index (χ0n) is 12.9. The van der Waals surface area contributed by atoms with Crippen molar-refractivity contribution >= 4 is 0 Å². The van der Waals surface area contributed by atoms with E-state index in [2.05, 4.69) is 52.0 Å². The van der Waals surface area contributed by atoms with Gasteiger partial charge in [0.1, 0.15) is 0 Å². The van der Waals surface area contributed by atoms with Crippen LogP contribution in [0.25, 0.3) is 0 Å². The van der Waals surface area contributed by atoms with Gasteiger partial charge < -0.3 is 5.73 Å². The van der Waals surface area contributed by atoms with Crippen molar-refractivity contribution < 1.29 is 0 Å². The van der Waals surface area contributed by atoms with Gasteiger partial charge in [-0.1, -0.05) is 58.4 Å². The van der Waals surface area contributed by atoms with E-state index in [0.29, 0.717) is 11.8 Å². The van der Waals surface area contributed by atoms with Gasteiger partial charge in [-0.15, -0.1) is 0 Å². The molecular weight excluding hydrogens is 230 g/mol. The first-order chi connectivity index (χ1) is 8.91. The van der Waals surface area contributed by atoms with Crippen molar-refractivity contribution in [1.29, 1.82) is 0 Å². The van der Waals surface area contributed by atoms with Gasteiger partial charge >= 0.3 is 0 Å². The highest BCUT2D eigenvalue weighted by Crippen LogP contribution is 2.42. The molecule has 0 amide bonds. The molecule has 2 N–H and O–H groups in total. The predicted octanol–water partition coefficient (Wildman–Crippen LogP) is 4.50. The number of nitrogens with two attached hydrogens (primary N) is 1. The molecule has 0 bridgehead atoms. The monoisotopic (exact) mass is 259 g/mol. The molecule has 0 radical (unpaired) electrons. The van der Waals surface area contributed by atoms with Crippen molar-refractivity contribution in [2.45, 2.75) is 58.9 Å². The Hall–Kier alpha value is -0.820. The van der Waals surface area contributed by atoms with E-state index in [4.69, 9.17) is 5.73 Å². The molecule has 1 aliphatic carbocycles. The van der Waals surface area contributed by atoms with E-state index in [1.165, 1.54) is 24.0 Å².